The zero-order chi connectivity index (χ0) is 10.5. The minimum absolute atomic E-state index is 0.980. The average Bonchev–Trinajstić information content (AvgIpc) is 2.79. The fourth-order valence-electron chi connectivity index (χ4n) is 2.03. The molecule has 0 amide bonds. The summed E-state index contributed by atoms with van der Waals surface area (Å²) in [5.41, 5.74) is 2.16. The maximum atomic E-state index is 4.51. The number of hydrogen-bond donors (Lipinski definition) is 0. The fraction of sp³-hybridized carbons (Fsp3) is 0.462. The second kappa shape index (κ2) is 5.08. The molecule has 0 atom stereocenters. The molecule has 1 aromatic rings. The third-order valence-electron chi connectivity index (χ3n) is 2.92. The molecule has 0 aromatic carbocycles. The highest BCUT2D eigenvalue weighted by Crippen LogP contribution is 2.08. The predicted octanol–water partition coefficient (Wildman–Crippen LogP) is 2.36. The molecule has 80 valence electrons. The van der Waals surface area contributed by atoms with Gasteiger partial charge in [0.25, 0.3) is 0 Å². The molecule has 0 spiro atoms. The molecule has 1 aliphatic rings. The minimum Gasteiger partial charge on any atom is -0.303 e. The van der Waals surface area contributed by atoms with Crippen molar-refractivity contribution >= 4 is 6.08 Å². The van der Waals surface area contributed by atoms with E-state index in [-0.39, 0.29) is 0 Å². The van der Waals surface area contributed by atoms with Gasteiger partial charge < -0.3 is 4.90 Å². The summed E-state index contributed by atoms with van der Waals surface area (Å²) in [6.07, 6.45) is 5.58. The highest BCUT2D eigenvalue weighted by atomic mass is 15.1. The number of pyridine rings is 1. The van der Waals surface area contributed by atoms with Gasteiger partial charge in [-0.1, -0.05) is 12.6 Å². The van der Waals surface area contributed by atoms with Crippen molar-refractivity contribution in [2.24, 2.45) is 0 Å². The van der Waals surface area contributed by atoms with Crippen LogP contribution in [0.4, 0.5) is 0 Å². The Balaban J connectivity index is 1.89. The first-order chi connectivity index (χ1) is 7.38. The molecule has 15 heavy (non-hydrogen) atoms. The molecule has 0 saturated carbocycles. The molecule has 0 radical (unpaired) electrons. The van der Waals surface area contributed by atoms with Gasteiger partial charge >= 0.3 is 0 Å². The Bertz CT molecular complexity index is 327. The van der Waals surface area contributed by atoms with Crippen LogP contribution < -0.4 is 0 Å². The largest absolute Gasteiger partial charge is 0.303 e. The molecule has 1 aliphatic heterocycles. The fourth-order valence-corrected chi connectivity index (χ4v) is 2.03. The quantitative estimate of drug-likeness (QED) is 0.745. The number of rotatable bonds is 4. The smallest absolute Gasteiger partial charge is 0.0627 e. The summed E-state index contributed by atoms with van der Waals surface area (Å²) in [7, 11) is 0. The molecule has 0 bridgehead atoms. The molecule has 2 rings (SSSR count). The van der Waals surface area contributed by atoms with Crippen molar-refractivity contribution in [2.75, 3.05) is 19.6 Å². The zero-order valence-electron chi connectivity index (χ0n) is 9.15. The van der Waals surface area contributed by atoms with Crippen molar-refractivity contribution in [1.29, 1.82) is 0 Å². The third kappa shape index (κ3) is 2.90. The van der Waals surface area contributed by atoms with Gasteiger partial charge in [-0.25, -0.2) is 0 Å². The Morgan fingerprint density at radius 3 is 2.87 bits per heavy atom. The molecular weight excluding hydrogens is 184 g/mol. The molecule has 1 fully saturated rings. The molecular formula is C13H18N2. The number of aromatic nitrogens is 1. The minimum atomic E-state index is 0.980. The predicted molar refractivity (Wildman–Crippen MR) is 63.7 cm³/mol. The molecule has 0 unspecified atom stereocenters. The van der Waals surface area contributed by atoms with Gasteiger partial charge in [-0.2, -0.15) is 0 Å². The Morgan fingerprint density at radius 2 is 2.13 bits per heavy atom. The Kier molecular flexibility index (Phi) is 3.51. The van der Waals surface area contributed by atoms with E-state index in [1.807, 2.05) is 6.07 Å². The van der Waals surface area contributed by atoms with Crippen LogP contribution in [0, 0.1) is 0 Å². The van der Waals surface area contributed by atoms with Gasteiger partial charge in [0.15, 0.2) is 0 Å². The van der Waals surface area contributed by atoms with E-state index >= 15 is 0 Å². The maximum absolute atomic E-state index is 4.51. The Hall–Kier alpha value is -1.15. The van der Waals surface area contributed by atoms with Gasteiger partial charge in [-0.15, -0.1) is 0 Å². The topological polar surface area (TPSA) is 16.1 Å². The normalized spacial score (nSPS) is 16.8. The Labute approximate surface area is 91.6 Å². The first kappa shape index (κ1) is 10.4. The van der Waals surface area contributed by atoms with Gasteiger partial charge in [-0.3, -0.25) is 4.98 Å². The van der Waals surface area contributed by atoms with Crippen molar-refractivity contribution in [3.05, 3.63) is 36.2 Å². The highest BCUT2D eigenvalue weighted by Gasteiger charge is 2.10. The van der Waals surface area contributed by atoms with Gasteiger partial charge in [0, 0.05) is 18.7 Å². The first-order valence-corrected chi connectivity index (χ1v) is 5.69. The third-order valence-corrected chi connectivity index (χ3v) is 2.92. The molecule has 2 heterocycles. The summed E-state index contributed by atoms with van der Waals surface area (Å²) >= 11 is 0. The SMILES string of the molecule is C=Cc1cccc(CCN2CCCC2)n1. The summed E-state index contributed by atoms with van der Waals surface area (Å²) in [5, 5.41) is 0. The second-order valence-electron chi connectivity index (χ2n) is 4.06. The van der Waals surface area contributed by atoms with E-state index in [1.165, 1.54) is 31.6 Å². The highest BCUT2D eigenvalue weighted by molar-refractivity contribution is 5.41. The van der Waals surface area contributed by atoms with Crippen molar-refractivity contribution in [3.63, 3.8) is 0 Å². The van der Waals surface area contributed by atoms with E-state index in [4.69, 9.17) is 0 Å². The maximum Gasteiger partial charge on any atom is 0.0627 e. The van der Waals surface area contributed by atoms with E-state index in [2.05, 4.69) is 28.6 Å². The van der Waals surface area contributed by atoms with Crippen LogP contribution in [-0.4, -0.2) is 29.5 Å². The van der Waals surface area contributed by atoms with Crippen LogP contribution in [0.1, 0.15) is 24.2 Å². The van der Waals surface area contributed by atoms with Crippen LogP contribution in [0.25, 0.3) is 6.08 Å². The average molecular weight is 202 g/mol. The molecule has 1 saturated heterocycles. The summed E-state index contributed by atoms with van der Waals surface area (Å²) in [6, 6.07) is 6.15. The van der Waals surface area contributed by atoms with Crippen LogP contribution >= 0.6 is 0 Å². The van der Waals surface area contributed by atoms with Gasteiger partial charge in [-0.05, 0) is 44.1 Å². The second-order valence-corrected chi connectivity index (χ2v) is 4.06. The van der Waals surface area contributed by atoms with E-state index in [9.17, 15) is 0 Å². The summed E-state index contributed by atoms with van der Waals surface area (Å²) < 4.78 is 0. The van der Waals surface area contributed by atoms with E-state index in [0.29, 0.717) is 0 Å². The van der Waals surface area contributed by atoms with Crippen LogP contribution in [-0.2, 0) is 6.42 Å². The van der Waals surface area contributed by atoms with Crippen LogP contribution in [0.3, 0.4) is 0 Å². The monoisotopic (exact) mass is 202 g/mol. The van der Waals surface area contributed by atoms with Gasteiger partial charge in [0.05, 0.1) is 5.69 Å². The summed E-state index contributed by atoms with van der Waals surface area (Å²) in [5.74, 6) is 0. The van der Waals surface area contributed by atoms with Crippen molar-refractivity contribution < 1.29 is 0 Å². The number of likely N-dealkylation sites (tertiary alicyclic amines) is 1. The van der Waals surface area contributed by atoms with Crippen molar-refractivity contribution in [2.45, 2.75) is 19.3 Å². The first-order valence-electron chi connectivity index (χ1n) is 5.69. The lowest BCUT2D eigenvalue weighted by Crippen LogP contribution is -2.22. The zero-order valence-corrected chi connectivity index (χ0v) is 9.15. The van der Waals surface area contributed by atoms with E-state index < -0.39 is 0 Å². The standard InChI is InChI=1S/C13H18N2/c1-2-12-6-5-7-13(14-12)8-11-15-9-3-4-10-15/h2,5-7H,1,3-4,8-11H2. The van der Waals surface area contributed by atoms with Gasteiger partial charge in [0.2, 0.25) is 0 Å². The number of hydrogen-bond acceptors (Lipinski definition) is 2. The lowest BCUT2D eigenvalue weighted by atomic mass is 10.2. The van der Waals surface area contributed by atoms with Crippen LogP contribution in [0.15, 0.2) is 24.8 Å². The summed E-state index contributed by atoms with van der Waals surface area (Å²) in [6.45, 7) is 7.41. The lowest BCUT2D eigenvalue weighted by molar-refractivity contribution is 0.342. The Morgan fingerprint density at radius 1 is 1.33 bits per heavy atom. The molecule has 0 N–H and O–H groups in total. The number of nitrogens with zero attached hydrogens (tertiary/aromatic N) is 2. The molecule has 2 nitrogen and oxygen atoms in total. The molecule has 1 aromatic heterocycles. The van der Waals surface area contributed by atoms with Crippen molar-refractivity contribution in [3.8, 4) is 0 Å². The lowest BCUT2D eigenvalue weighted by Gasteiger charge is -2.13. The molecule has 2 heteroatoms. The van der Waals surface area contributed by atoms with E-state index in [0.717, 1.165) is 18.7 Å². The molecule has 0 aliphatic carbocycles. The summed E-state index contributed by atoms with van der Waals surface area (Å²) in [4.78, 5) is 7.02. The van der Waals surface area contributed by atoms with Gasteiger partial charge in [0.1, 0.15) is 0 Å². The van der Waals surface area contributed by atoms with Crippen molar-refractivity contribution in [1.82, 2.24) is 9.88 Å². The van der Waals surface area contributed by atoms with Crippen LogP contribution in [0.2, 0.25) is 0 Å². The van der Waals surface area contributed by atoms with Crippen LogP contribution in [0.5, 0.6) is 0 Å². The van der Waals surface area contributed by atoms with E-state index in [1.54, 1.807) is 6.08 Å².